The van der Waals surface area contributed by atoms with Crippen LogP contribution < -0.4 is 0 Å². The van der Waals surface area contributed by atoms with Crippen molar-refractivity contribution in [3.63, 3.8) is 0 Å². The highest BCUT2D eigenvalue weighted by atomic mass is 32.2. The van der Waals surface area contributed by atoms with Crippen LogP contribution in [0.25, 0.3) is 0 Å². The lowest BCUT2D eigenvalue weighted by molar-refractivity contribution is 0.239. The van der Waals surface area contributed by atoms with Crippen molar-refractivity contribution < 1.29 is 4.84 Å². The lowest BCUT2D eigenvalue weighted by Crippen LogP contribution is -2.09. The quantitative estimate of drug-likeness (QED) is 0.545. The van der Waals surface area contributed by atoms with E-state index in [1.807, 2.05) is 17.6 Å². The molecule has 11 heavy (non-hydrogen) atoms. The van der Waals surface area contributed by atoms with Gasteiger partial charge in [-0.15, -0.1) is 0 Å². The van der Waals surface area contributed by atoms with Gasteiger partial charge in [-0.1, -0.05) is 29.1 Å². The Kier molecular flexibility index (Phi) is 0.924. The van der Waals surface area contributed by atoms with E-state index in [1.165, 1.54) is 4.91 Å². The van der Waals surface area contributed by atoms with Gasteiger partial charge >= 0.3 is 0 Å². The lowest BCUT2D eigenvalue weighted by atomic mass is 9.98. The molecule has 0 aromatic rings. The Bertz CT molecular complexity index is 338. The minimum atomic E-state index is 0.338. The van der Waals surface area contributed by atoms with Gasteiger partial charge < -0.3 is 4.84 Å². The van der Waals surface area contributed by atoms with Crippen molar-refractivity contribution in [2.75, 3.05) is 0 Å². The molecule has 1 aliphatic carbocycles. The molecule has 3 heteroatoms. The molecule has 3 aliphatic rings. The molecule has 0 saturated carbocycles. The second-order valence-electron chi connectivity index (χ2n) is 2.61. The number of allylic oxidation sites excluding steroid dienone is 4. The molecule has 2 nitrogen and oxygen atoms in total. The molecular weight excluding hydrogens is 158 g/mol. The fourth-order valence-electron chi connectivity index (χ4n) is 1.43. The summed E-state index contributed by atoms with van der Waals surface area (Å²) in [5, 5.41) is 5.98. The average molecular weight is 163 g/mol. The summed E-state index contributed by atoms with van der Waals surface area (Å²) in [6.07, 6.45) is 6.14. The van der Waals surface area contributed by atoms with Crippen molar-refractivity contribution >= 4 is 17.5 Å². The Labute approximate surface area is 68.3 Å². The molecule has 0 saturated heterocycles. The molecule has 0 radical (unpaired) electrons. The zero-order valence-corrected chi connectivity index (χ0v) is 6.47. The van der Waals surface area contributed by atoms with E-state index in [0.29, 0.717) is 5.92 Å². The number of thioether (sulfide) groups is 1. The number of hydrogen-bond donors (Lipinski definition) is 0. The number of hydrogen-bond acceptors (Lipinski definition) is 3. The first-order valence-corrected chi connectivity index (χ1v) is 4.33. The Morgan fingerprint density at radius 3 is 3.55 bits per heavy atom. The summed E-state index contributed by atoms with van der Waals surface area (Å²) in [5.74, 6) is 1.32. The molecule has 0 bridgehead atoms. The van der Waals surface area contributed by atoms with Gasteiger partial charge in [0.05, 0.1) is 11.6 Å². The molecule has 0 spiro atoms. The van der Waals surface area contributed by atoms with Gasteiger partial charge in [0, 0.05) is 10.3 Å². The monoisotopic (exact) mass is 163 g/mol. The van der Waals surface area contributed by atoms with Gasteiger partial charge in [-0.05, 0) is 6.08 Å². The summed E-state index contributed by atoms with van der Waals surface area (Å²) in [5.41, 5.74) is 1.04. The van der Waals surface area contributed by atoms with E-state index >= 15 is 0 Å². The highest BCUT2D eigenvalue weighted by Gasteiger charge is 2.36. The predicted octanol–water partition coefficient (Wildman–Crippen LogP) is 2.03. The van der Waals surface area contributed by atoms with Crippen LogP contribution in [0.3, 0.4) is 0 Å². The van der Waals surface area contributed by atoms with Gasteiger partial charge in [-0.2, -0.15) is 0 Å². The molecule has 0 aromatic heterocycles. The first-order valence-electron chi connectivity index (χ1n) is 3.45. The minimum Gasteiger partial charge on any atom is -0.360 e. The molecule has 54 valence electrons. The standard InChI is InChI=1S/C8H5NOS/c1-2-5-8-6(10-9-5)4-11-7(8)3-1/h1-4,8H. The van der Waals surface area contributed by atoms with Crippen LogP contribution in [0.4, 0.5) is 0 Å². The van der Waals surface area contributed by atoms with E-state index in [4.69, 9.17) is 4.84 Å². The number of rotatable bonds is 0. The zero-order valence-electron chi connectivity index (χ0n) is 5.65. The second-order valence-corrected chi connectivity index (χ2v) is 3.55. The normalized spacial score (nSPS) is 30.5. The SMILES string of the molecule is C1=CC2=NOC3=CSC(=C1)C32. The van der Waals surface area contributed by atoms with Gasteiger partial charge in [-0.3, -0.25) is 0 Å². The Hall–Kier alpha value is -0.960. The summed E-state index contributed by atoms with van der Waals surface area (Å²) in [7, 11) is 0. The van der Waals surface area contributed by atoms with Gasteiger partial charge in [-0.25, -0.2) is 0 Å². The van der Waals surface area contributed by atoms with Crippen molar-refractivity contribution in [1.29, 1.82) is 0 Å². The van der Waals surface area contributed by atoms with Crippen molar-refractivity contribution in [3.8, 4) is 0 Å². The second kappa shape index (κ2) is 1.80. The third kappa shape index (κ3) is 0.613. The molecule has 0 amide bonds. The predicted molar refractivity (Wildman–Crippen MR) is 44.9 cm³/mol. The van der Waals surface area contributed by atoms with E-state index in [1.54, 1.807) is 11.8 Å². The Morgan fingerprint density at radius 2 is 2.55 bits per heavy atom. The van der Waals surface area contributed by atoms with Crippen molar-refractivity contribution in [2.24, 2.45) is 11.1 Å². The highest BCUT2D eigenvalue weighted by Crippen LogP contribution is 2.45. The summed E-state index contributed by atoms with van der Waals surface area (Å²) in [6, 6.07) is 0. The molecule has 0 aromatic carbocycles. The van der Waals surface area contributed by atoms with E-state index < -0.39 is 0 Å². The zero-order chi connectivity index (χ0) is 7.26. The average Bonchev–Trinajstić information content (AvgIpc) is 2.60. The fraction of sp³-hybridized carbons (Fsp3) is 0.125. The smallest absolute Gasteiger partial charge is 0.155 e. The van der Waals surface area contributed by atoms with Crippen LogP contribution in [0.1, 0.15) is 0 Å². The maximum absolute atomic E-state index is 5.13. The van der Waals surface area contributed by atoms with Crippen LogP contribution in [0, 0.1) is 5.92 Å². The van der Waals surface area contributed by atoms with Gasteiger partial charge in [0.1, 0.15) is 0 Å². The summed E-state index contributed by atoms with van der Waals surface area (Å²) in [6.45, 7) is 0. The topological polar surface area (TPSA) is 21.6 Å². The molecule has 1 atom stereocenters. The molecule has 3 rings (SSSR count). The highest BCUT2D eigenvalue weighted by molar-refractivity contribution is 8.06. The van der Waals surface area contributed by atoms with Crippen molar-refractivity contribution in [3.05, 3.63) is 34.3 Å². The van der Waals surface area contributed by atoms with Gasteiger partial charge in [0.25, 0.3) is 0 Å². The Balaban J connectivity index is 2.21. The molecular formula is C8H5NOS. The molecule has 1 unspecified atom stereocenters. The van der Waals surface area contributed by atoms with Crippen LogP contribution in [-0.4, -0.2) is 5.71 Å². The number of oxime groups is 1. The summed E-state index contributed by atoms with van der Waals surface area (Å²) in [4.78, 5) is 6.46. The lowest BCUT2D eigenvalue weighted by Gasteiger charge is -2.07. The maximum Gasteiger partial charge on any atom is 0.155 e. The fourth-order valence-corrected chi connectivity index (χ4v) is 2.39. The third-order valence-electron chi connectivity index (χ3n) is 1.96. The van der Waals surface area contributed by atoms with Crippen LogP contribution in [-0.2, 0) is 4.84 Å². The molecule has 2 heterocycles. The van der Waals surface area contributed by atoms with Gasteiger partial charge in [0.15, 0.2) is 5.76 Å². The first-order chi connectivity index (χ1) is 5.45. The van der Waals surface area contributed by atoms with E-state index in [2.05, 4.69) is 11.2 Å². The molecule has 0 N–H and O–H groups in total. The van der Waals surface area contributed by atoms with Crippen LogP contribution >= 0.6 is 11.8 Å². The maximum atomic E-state index is 5.13. The number of nitrogens with zero attached hydrogens (tertiary/aromatic N) is 1. The van der Waals surface area contributed by atoms with E-state index in [-0.39, 0.29) is 0 Å². The van der Waals surface area contributed by atoms with Crippen LogP contribution in [0.2, 0.25) is 0 Å². The van der Waals surface area contributed by atoms with Crippen molar-refractivity contribution in [2.45, 2.75) is 0 Å². The minimum absolute atomic E-state index is 0.338. The van der Waals surface area contributed by atoms with Crippen LogP contribution in [0.15, 0.2) is 39.5 Å². The van der Waals surface area contributed by atoms with Crippen LogP contribution in [0.5, 0.6) is 0 Å². The third-order valence-corrected chi connectivity index (χ3v) is 2.95. The van der Waals surface area contributed by atoms with E-state index in [0.717, 1.165) is 11.5 Å². The first kappa shape index (κ1) is 5.66. The van der Waals surface area contributed by atoms with Gasteiger partial charge in [0.2, 0.25) is 0 Å². The molecule has 0 fully saturated rings. The summed E-state index contributed by atoms with van der Waals surface area (Å²) >= 11 is 1.73. The molecule has 2 aliphatic heterocycles. The van der Waals surface area contributed by atoms with Crippen molar-refractivity contribution in [1.82, 2.24) is 0 Å². The summed E-state index contributed by atoms with van der Waals surface area (Å²) < 4.78 is 0. The largest absolute Gasteiger partial charge is 0.360 e. The Morgan fingerprint density at radius 1 is 1.55 bits per heavy atom. The van der Waals surface area contributed by atoms with E-state index in [9.17, 15) is 0 Å².